The van der Waals surface area contributed by atoms with E-state index in [2.05, 4.69) is 0 Å². The van der Waals surface area contributed by atoms with Crippen LogP contribution in [0.2, 0.25) is 0 Å². The Bertz CT molecular complexity index is 547. The minimum Gasteiger partial charge on any atom is -0.481 e. The molecule has 1 aliphatic rings. The molecule has 1 fully saturated rings. The average molecular weight is 315 g/mol. The Morgan fingerprint density at radius 2 is 2.00 bits per heavy atom. The molecule has 1 aliphatic heterocycles. The SMILES string of the molecule is O=C(O)CC1CN(C(=O)CCSc2ccc(F)c(F)c2)C1. The fraction of sp³-hybridized carbons (Fsp3) is 0.429. The molecule has 7 heteroatoms. The Morgan fingerprint density at radius 3 is 2.62 bits per heavy atom. The second-order valence-electron chi connectivity index (χ2n) is 4.94. The minimum absolute atomic E-state index is 0.0354. The van der Waals surface area contributed by atoms with E-state index in [9.17, 15) is 18.4 Å². The topological polar surface area (TPSA) is 57.6 Å². The van der Waals surface area contributed by atoms with Crippen LogP contribution in [0.15, 0.2) is 23.1 Å². The highest BCUT2D eigenvalue weighted by Crippen LogP contribution is 2.23. The molecule has 0 aliphatic carbocycles. The number of benzene rings is 1. The molecule has 1 amide bonds. The van der Waals surface area contributed by atoms with Gasteiger partial charge in [-0.1, -0.05) is 0 Å². The number of aliphatic carboxylic acids is 1. The summed E-state index contributed by atoms with van der Waals surface area (Å²) in [5.41, 5.74) is 0. The molecular formula is C14H15F2NO3S. The van der Waals surface area contributed by atoms with Gasteiger partial charge in [0.25, 0.3) is 0 Å². The molecule has 21 heavy (non-hydrogen) atoms. The second kappa shape index (κ2) is 6.89. The first-order valence-electron chi connectivity index (χ1n) is 6.53. The summed E-state index contributed by atoms with van der Waals surface area (Å²) in [5.74, 6) is -2.15. The zero-order valence-electron chi connectivity index (χ0n) is 11.2. The van der Waals surface area contributed by atoms with Crippen molar-refractivity contribution < 1.29 is 23.5 Å². The highest BCUT2D eigenvalue weighted by molar-refractivity contribution is 7.99. The molecule has 2 rings (SSSR count). The molecule has 114 valence electrons. The van der Waals surface area contributed by atoms with E-state index < -0.39 is 17.6 Å². The molecule has 4 nitrogen and oxygen atoms in total. The van der Waals surface area contributed by atoms with Gasteiger partial charge in [0, 0.05) is 36.1 Å². The lowest BCUT2D eigenvalue weighted by molar-refractivity contribution is -0.144. The lowest BCUT2D eigenvalue weighted by atomic mass is 9.96. The van der Waals surface area contributed by atoms with Crippen molar-refractivity contribution in [1.82, 2.24) is 4.90 Å². The summed E-state index contributed by atoms with van der Waals surface area (Å²) in [6.07, 6.45) is 0.386. The molecule has 0 saturated carbocycles. The molecule has 1 aromatic rings. The van der Waals surface area contributed by atoms with E-state index in [1.807, 2.05) is 0 Å². The maximum absolute atomic E-state index is 13.0. The largest absolute Gasteiger partial charge is 0.481 e. The van der Waals surface area contributed by atoms with Crippen molar-refractivity contribution in [2.45, 2.75) is 17.7 Å². The van der Waals surface area contributed by atoms with E-state index in [1.54, 1.807) is 4.90 Å². The average Bonchev–Trinajstić information content (AvgIpc) is 2.37. The predicted octanol–water partition coefficient (Wildman–Crippen LogP) is 2.38. The molecule has 0 aromatic heterocycles. The fourth-order valence-electron chi connectivity index (χ4n) is 2.13. The maximum atomic E-state index is 13.0. The van der Waals surface area contributed by atoms with Gasteiger partial charge in [-0.15, -0.1) is 11.8 Å². The number of nitrogens with zero attached hydrogens (tertiary/aromatic N) is 1. The number of thioether (sulfide) groups is 1. The molecule has 0 spiro atoms. The predicted molar refractivity (Wildman–Crippen MR) is 74.0 cm³/mol. The van der Waals surface area contributed by atoms with Crippen LogP contribution in [0.25, 0.3) is 0 Å². The molecular weight excluding hydrogens is 300 g/mol. The van der Waals surface area contributed by atoms with Crippen molar-refractivity contribution in [2.24, 2.45) is 5.92 Å². The third-order valence-corrected chi connectivity index (χ3v) is 4.24. The molecule has 1 heterocycles. The molecule has 1 saturated heterocycles. The van der Waals surface area contributed by atoms with Crippen molar-refractivity contribution >= 4 is 23.6 Å². The van der Waals surface area contributed by atoms with Gasteiger partial charge < -0.3 is 10.0 Å². The van der Waals surface area contributed by atoms with Gasteiger partial charge in [0.2, 0.25) is 5.91 Å². The monoisotopic (exact) mass is 315 g/mol. The zero-order valence-corrected chi connectivity index (χ0v) is 12.0. The third kappa shape index (κ3) is 4.42. The zero-order chi connectivity index (χ0) is 15.4. The van der Waals surface area contributed by atoms with Crippen LogP contribution in [0, 0.1) is 17.6 Å². The first-order chi connectivity index (χ1) is 9.95. The molecule has 0 bridgehead atoms. The number of hydrogen-bond donors (Lipinski definition) is 1. The van der Waals surface area contributed by atoms with Gasteiger partial charge in [0.1, 0.15) is 0 Å². The van der Waals surface area contributed by atoms with E-state index in [-0.39, 0.29) is 18.2 Å². The Balaban J connectivity index is 1.68. The lowest BCUT2D eigenvalue weighted by Crippen LogP contribution is -2.50. The van der Waals surface area contributed by atoms with Gasteiger partial charge in [0.15, 0.2) is 11.6 Å². The number of halogens is 2. The highest BCUT2D eigenvalue weighted by atomic mass is 32.2. The van der Waals surface area contributed by atoms with Gasteiger partial charge >= 0.3 is 5.97 Å². The number of carboxylic acid groups (broad SMARTS) is 1. The Labute approximate surface area is 125 Å². The van der Waals surface area contributed by atoms with Crippen molar-refractivity contribution in [1.29, 1.82) is 0 Å². The highest BCUT2D eigenvalue weighted by Gasteiger charge is 2.31. The van der Waals surface area contributed by atoms with Crippen LogP contribution in [-0.4, -0.2) is 40.7 Å². The van der Waals surface area contributed by atoms with E-state index in [0.717, 1.165) is 12.1 Å². The van der Waals surface area contributed by atoms with Gasteiger partial charge in [-0.3, -0.25) is 9.59 Å². The van der Waals surface area contributed by atoms with Gasteiger partial charge in [-0.05, 0) is 18.2 Å². The van der Waals surface area contributed by atoms with Crippen molar-refractivity contribution in [2.75, 3.05) is 18.8 Å². The van der Waals surface area contributed by atoms with Crippen molar-refractivity contribution in [3.8, 4) is 0 Å². The number of hydrogen-bond acceptors (Lipinski definition) is 3. The van der Waals surface area contributed by atoms with E-state index >= 15 is 0 Å². The first kappa shape index (κ1) is 15.8. The van der Waals surface area contributed by atoms with Crippen LogP contribution in [0.3, 0.4) is 0 Å². The van der Waals surface area contributed by atoms with Crippen LogP contribution >= 0.6 is 11.8 Å². The summed E-state index contributed by atoms with van der Waals surface area (Å²) < 4.78 is 25.7. The number of carbonyl (C=O) groups is 2. The minimum atomic E-state index is -0.898. The first-order valence-corrected chi connectivity index (χ1v) is 7.51. The number of carboxylic acids is 1. The molecule has 1 N–H and O–H groups in total. The summed E-state index contributed by atoms with van der Waals surface area (Å²) >= 11 is 1.29. The molecule has 0 atom stereocenters. The number of amides is 1. The summed E-state index contributed by atoms with van der Waals surface area (Å²) in [7, 11) is 0. The van der Waals surface area contributed by atoms with E-state index in [4.69, 9.17) is 5.11 Å². The van der Waals surface area contributed by atoms with Crippen molar-refractivity contribution in [3.63, 3.8) is 0 Å². The van der Waals surface area contributed by atoms with Gasteiger partial charge in [-0.2, -0.15) is 0 Å². The van der Waals surface area contributed by atoms with Gasteiger partial charge in [-0.25, -0.2) is 8.78 Å². The smallest absolute Gasteiger partial charge is 0.303 e. The number of rotatable bonds is 6. The molecule has 0 radical (unpaired) electrons. The third-order valence-electron chi connectivity index (χ3n) is 3.25. The molecule has 1 aromatic carbocycles. The van der Waals surface area contributed by atoms with E-state index in [1.165, 1.54) is 17.8 Å². The van der Waals surface area contributed by atoms with Crippen molar-refractivity contribution in [3.05, 3.63) is 29.8 Å². The summed E-state index contributed by atoms with van der Waals surface area (Å²) in [4.78, 5) is 24.5. The van der Waals surface area contributed by atoms with Gasteiger partial charge in [0.05, 0.1) is 6.42 Å². The second-order valence-corrected chi connectivity index (χ2v) is 6.11. The fourth-order valence-corrected chi connectivity index (χ4v) is 2.99. The normalized spacial score (nSPS) is 14.9. The van der Waals surface area contributed by atoms with Crippen LogP contribution in [0.1, 0.15) is 12.8 Å². The van der Waals surface area contributed by atoms with Crippen LogP contribution in [0.5, 0.6) is 0 Å². The lowest BCUT2D eigenvalue weighted by Gasteiger charge is -2.38. The maximum Gasteiger partial charge on any atom is 0.303 e. The Kier molecular flexibility index (Phi) is 5.17. The Morgan fingerprint density at radius 1 is 1.29 bits per heavy atom. The molecule has 0 unspecified atom stereocenters. The van der Waals surface area contributed by atoms with E-state index in [0.29, 0.717) is 30.2 Å². The van der Waals surface area contributed by atoms with Crippen LogP contribution in [0.4, 0.5) is 8.78 Å². The standard InChI is InChI=1S/C14H15F2NO3S/c15-11-2-1-10(6-12(11)16)21-4-3-13(18)17-7-9(8-17)5-14(19)20/h1-2,6,9H,3-5,7-8H2,(H,19,20). The summed E-state index contributed by atoms with van der Waals surface area (Å²) in [5, 5.41) is 8.62. The van der Waals surface area contributed by atoms with Crippen LogP contribution in [-0.2, 0) is 9.59 Å². The summed E-state index contributed by atoms with van der Waals surface area (Å²) in [6, 6.07) is 3.64. The number of likely N-dealkylation sites (tertiary alicyclic amines) is 1. The number of carbonyl (C=O) groups excluding carboxylic acids is 1. The quantitative estimate of drug-likeness (QED) is 0.819. The summed E-state index contributed by atoms with van der Waals surface area (Å²) in [6.45, 7) is 0.974. The Hall–Kier alpha value is -1.63. The van der Waals surface area contributed by atoms with Crippen LogP contribution < -0.4 is 0 Å².